The van der Waals surface area contributed by atoms with E-state index >= 15 is 0 Å². The number of aromatic nitrogens is 3. The molecule has 0 saturated carbocycles. The van der Waals surface area contributed by atoms with Gasteiger partial charge in [0.2, 0.25) is 0 Å². The number of hydrogen-bond donors (Lipinski definition) is 3. The lowest BCUT2D eigenvalue weighted by Gasteiger charge is -2.07. The van der Waals surface area contributed by atoms with Crippen molar-refractivity contribution in [3.05, 3.63) is 57.4 Å². The van der Waals surface area contributed by atoms with E-state index in [0.717, 1.165) is 5.56 Å². The van der Waals surface area contributed by atoms with E-state index in [0.29, 0.717) is 39.8 Å². The molecule has 7 nitrogen and oxygen atoms in total. The number of nitrogens with one attached hydrogen (secondary N) is 3. The summed E-state index contributed by atoms with van der Waals surface area (Å²) in [5, 5.41) is 17.2. The number of carbonyl (C=O) groups excluding carboxylic acids is 1. The van der Waals surface area contributed by atoms with Gasteiger partial charge in [0.1, 0.15) is 11.6 Å². The maximum Gasteiger partial charge on any atom is 0.261 e. The van der Waals surface area contributed by atoms with Crippen LogP contribution in [-0.4, -0.2) is 34.2 Å². The molecule has 0 saturated heterocycles. The summed E-state index contributed by atoms with van der Waals surface area (Å²) in [5.74, 6) is 1.80. The summed E-state index contributed by atoms with van der Waals surface area (Å²) < 4.78 is 0.595. The summed E-state index contributed by atoms with van der Waals surface area (Å²) in [6, 6.07) is 10.9. The van der Waals surface area contributed by atoms with Crippen LogP contribution in [0.2, 0.25) is 4.34 Å². The Balaban J connectivity index is 1.42. The number of amides is 1. The minimum atomic E-state index is -0.139. The van der Waals surface area contributed by atoms with Crippen LogP contribution in [0.4, 0.5) is 17.5 Å². The molecule has 0 aliphatic heterocycles. The Labute approximate surface area is 159 Å². The van der Waals surface area contributed by atoms with Crippen LogP contribution in [0.25, 0.3) is 0 Å². The third kappa shape index (κ3) is 5.14. The summed E-state index contributed by atoms with van der Waals surface area (Å²) >= 11 is 7.07. The highest BCUT2D eigenvalue weighted by Crippen LogP contribution is 2.21. The molecule has 134 valence electrons. The van der Waals surface area contributed by atoms with Crippen LogP contribution < -0.4 is 16.0 Å². The molecule has 9 heteroatoms. The lowest BCUT2D eigenvalue weighted by atomic mass is 10.3. The van der Waals surface area contributed by atoms with Gasteiger partial charge in [0.05, 0.1) is 9.21 Å². The number of pyridine rings is 1. The van der Waals surface area contributed by atoms with Crippen LogP contribution in [0.15, 0.2) is 42.6 Å². The smallest absolute Gasteiger partial charge is 0.261 e. The van der Waals surface area contributed by atoms with E-state index in [4.69, 9.17) is 11.6 Å². The first-order valence-corrected chi connectivity index (χ1v) is 9.10. The van der Waals surface area contributed by atoms with E-state index in [1.165, 1.54) is 11.3 Å². The first-order valence-electron chi connectivity index (χ1n) is 7.91. The zero-order valence-electron chi connectivity index (χ0n) is 14.0. The molecule has 3 aromatic heterocycles. The van der Waals surface area contributed by atoms with Gasteiger partial charge in [-0.2, -0.15) is 0 Å². The van der Waals surface area contributed by atoms with Gasteiger partial charge in [0.15, 0.2) is 5.82 Å². The van der Waals surface area contributed by atoms with Crippen molar-refractivity contribution in [1.82, 2.24) is 20.5 Å². The first kappa shape index (κ1) is 18.1. The van der Waals surface area contributed by atoms with E-state index in [9.17, 15) is 4.79 Å². The Morgan fingerprint density at radius 1 is 1.04 bits per heavy atom. The quantitative estimate of drug-likeness (QED) is 0.537. The molecule has 0 bridgehead atoms. The van der Waals surface area contributed by atoms with Crippen molar-refractivity contribution in [3.8, 4) is 0 Å². The lowest BCUT2D eigenvalue weighted by molar-refractivity contribution is 0.0959. The molecule has 3 N–H and O–H groups in total. The molecule has 0 fully saturated rings. The Morgan fingerprint density at radius 2 is 1.81 bits per heavy atom. The average Bonchev–Trinajstić information content (AvgIpc) is 3.08. The Bertz CT molecular complexity index is 866. The molecule has 3 heterocycles. The minimum Gasteiger partial charge on any atom is -0.367 e. The molecule has 0 unspecified atom stereocenters. The van der Waals surface area contributed by atoms with Crippen molar-refractivity contribution in [2.45, 2.75) is 6.92 Å². The largest absolute Gasteiger partial charge is 0.367 e. The van der Waals surface area contributed by atoms with E-state index in [1.807, 2.05) is 31.2 Å². The number of nitrogens with zero attached hydrogens (tertiary/aromatic N) is 3. The maximum absolute atomic E-state index is 11.9. The van der Waals surface area contributed by atoms with Gasteiger partial charge in [0, 0.05) is 19.3 Å². The second kappa shape index (κ2) is 8.59. The van der Waals surface area contributed by atoms with Crippen molar-refractivity contribution in [1.29, 1.82) is 0 Å². The van der Waals surface area contributed by atoms with Gasteiger partial charge in [0.25, 0.3) is 5.91 Å². The van der Waals surface area contributed by atoms with Crippen LogP contribution in [0, 0.1) is 6.92 Å². The number of anilines is 3. The molecule has 26 heavy (non-hydrogen) atoms. The van der Waals surface area contributed by atoms with Gasteiger partial charge < -0.3 is 16.0 Å². The SMILES string of the molecule is Cc1ccc(Nc2ccc(NCCNC(=O)c3ccc(Cl)s3)nn2)nc1. The predicted molar refractivity (Wildman–Crippen MR) is 104 cm³/mol. The fourth-order valence-corrected chi connectivity index (χ4v) is 3.02. The fourth-order valence-electron chi connectivity index (χ4n) is 2.06. The number of rotatable bonds is 7. The van der Waals surface area contributed by atoms with E-state index < -0.39 is 0 Å². The molecule has 1 amide bonds. The standard InChI is InChI=1S/C17H17ClN6OS/c1-11-2-5-14(21-10-11)22-16-7-6-15(23-24-16)19-8-9-20-17(25)12-3-4-13(18)26-12/h2-7,10H,8-9H2,1H3,(H,19,23)(H,20,25)(H,21,22,24). The summed E-state index contributed by atoms with van der Waals surface area (Å²) in [6.07, 6.45) is 1.78. The first-order chi connectivity index (χ1) is 12.6. The topological polar surface area (TPSA) is 91.8 Å². The van der Waals surface area contributed by atoms with E-state index in [2.05, 4.69) is 31.1 Å². The van der Waals surface area contributed by atoms with Crippen molar-refractivity contribution in [2.24, 2.45) is 0 Å². The van der Waals surface area contributed by atoms with E-state index in [-0.39, 0.29) is 5.91 Å². The lowest BCUT2D eigenvalue weighted by Crippen LogP contribution is -2.28. The van der Waals surface area contributed by atoms with Gasteiger partial charge in [-0.25, -0.2) is 4.98 Å². The normalized spacial score (nSPS) is 10.4. The zero-order chi connectivity index (χ0) is 18.4. The maximum atomic E-state index is 11.9. The van der Waals surface area contributed by atoms with Crippen LogP contribution in [0.5, 0.6) is 0 Å². The fraction of sp³-hybridized carbons (Fsp3) is 0.176. The second-order valence-corrected chi connectivity index (χ2v) is 7.15. The summed E-state index contributed by atoms with van der Waals surface area (Å²) in [5.41, 5.74) is 1.09. The minimum absolute atomic E-state index is 0.139. The van der Waals surface area contributed by atoms with Crippen LogP contribution in [-0.2, 0) is 0 Å². The highest BCUT2D eigenvalue weighted by molar-refractivity contribution is 7.17. The van der Waals surface area contributed by atoms with Gasteiger partial charge >= 0.3 is 0 Å². The van der Waals surface area contributed by atoms with Crippen molar-refractivity contribution in [3.63, 3.8) is 0 Å². The number of aryl methyl sites for hydroxylation is 1. The molecule has 0 atom stereocenters. The predicted octanol–water partition coefficient (Wildman–Crippen LogP) is 3.48. The number of halogens is 1. The molecule has 0 aliphatic carbocycles. The molecular formula is C17H17ClN6OS. The van der Waals surface area contributed by atoms with Gasteiger partial charge in [-0.15, -0.1) is 21.5 Å². The van der Waals surface area contributed by atoms with Gasteiger partial charge in [-0.1, -0.05) is 17.7 Å². The van der Waals surface area contributed by atoms with Gasteiger partial charge in [-0.05, 0) is 42.8 Å². The molecule has 0 aliphatic rings. The molecule has 0 radical (unpaired) electrons. The van der Waals surface area contributed by atoms with Crippen LogP contribution in [0.1, 0.15) is 15.2 Å². The average molecular weight is 389 g/mol. The third-order valence-corrected chi connectivity index (χ3v) is 4.58. The van der Waals surface area contributed by atoms with Gasteiger partial charge in [-0.3, -0.25) is 4.79 Å². The Kier molecular flexibility index (Phi) is 5.98. The molecule has 0 spiro atoms. The number of carbonyl (C=O) groups is 1. The highest BCUT2D eigenvalue weighted by atomic mass is 35.5. The van der Waals surface area contributed by atoms with Crippen LogP contribution in [0.3, 0.4) is 0 Å². The van der Waals surface area contributed by atoms with Crippen molar-refractivity contribution < 1.29 is 4.79 Å². The monoisotopic (exact) mass is 388 g/mol. The summed E-state index contributed by atoms with van der Waals surface area (Å²) in [7, 11) is 0. The van der Waals surface area contributed by atoms with E-state index in [1.54, 1.807) is 18.3 Å². The number of thiophene rings is 1. The molecule has 3 rings (SSSR count). The molecular weight excluding hydrogens is 372 g/mol. The third-order valence-electron chi connectivity index (χ3n) is 3.35. The molecule has 0 aromatic carbocycles. The summed E-state index contributed by atoms with van der Waals surface area (Å²) in [4.78, 5) is 16.7. The Morgan fingerprint density at radius 3 is 2.46 bits per heavy atom. The second-order valence-electron chi connectivity index (χ2n) is 5.44. The van der Waals surface area contributed by atoms with Crippen LogP contribution >= 0.6 is 22.9 Å². The zero-order valence-corrected chi connectivity index (χ0v) is 15.6. The summed E-state index contributed by atoms with van der Waals surface area (Å²) in [6.45, 7) is 2.98. The molecule has 3 aromatic rings. The van der Waals surface area contributed by atoms with Crippen molar-refractivity contribution >= 4 is 46.3 Å². The van der Waals surface area contributed by atoms with Crippen molar-refractivity contribution in [2.75, 3.05) is 23.7 Å². The highest BCUT2D eigenvalue weighted by Gasteiger charge is 2.07. The number of hydrogen-bond acceptors (Lipinski definition) is 7. The Hall–Kier alpha value is -2.71.